The molecule has 7 heteroatoms. The fraction of sp³-hybridized carbons (Fsp3) is 0.333. The molecule has 1 aliphatic heterocycles. The van der Waals surface area contributed by atoms with Crippen LogP contribution >= 0.6 is 0 Å². The molecule has 2 aromatic carbocycles. The van der Waals surface area contributed by atoms with Crippen molar-refractivity contribution in [2.24, 2.45) is 0 Å². The zero-order chi connectivity index (χ0) is 17.9. The summed E-state index contributed by atoms with van der Waals surface area (Å²) in [6.07, 6.45) is 0. The SMILES string of the molecule is CCN1CCN(c2ccccc2NS(=O)(=O)c2ccc(F)cc2)CC1. The first-order valence-electron chi connectivity index (χ1n) is 8.34. The molecule has 1 saturated heterocycles. The van der Waals surface area contributed by atoms with Crippen LogP contribution in [0.5, 0.6) is 0 Å². The number of rotatable bonds is 5. The Kier molecular flexibility index (Phi) is 5.24. The van der Waals surface area contributed by atoms with Gasteiger partial charge in [0.1, 0.15) is 5.82 Å². The molecule has 0 amide bonds. The topological polar surface area (TPSA) is 52.6 Å². The minimum absolute atomic E-state index is 0.0412. The Morgan fingerprint density at radius 3 is 2.28 bits per heavy atom. The van der Waals surface area contributed by atoms with Gasteiger partial charge in [0.25, 0.3) is 10.0 Å². The number of nitrogens with one attached hydrogen (secondary N) is 1. The third-order valence-corrected chi connectivity index (χ3v) is 5.81. The second-order valence-electron chi connectivity index (χ2n) is 6.00. The van der Waals surface area contributed by atoms with Crippen molar-refractivity contribution in [3.05, 3.63) is 54.3 Å². The van der Waals surface area contributed by atoms with Crippen LogP contribution in [0.4, 0.5) is 15.8 Å². The van der Waals surface area contributed by atoms with Crippen LogP contribution in [0.15, 0.2) is 53.4 Å². The van der Waals surface area contributed by atoms with Gasteiger partial charge < -0.3 is 9.80 Å². The van der Waals surface area contributed by atoms with Gasteiger partial charge in [-0.2, -0.15) is 0 Å². The Labute approximate surface area is 148 Å². The maximum absolute atomic E-state index is 13.0. The van der Waals surface area contributed by atoms with E-state index in [-0.39, 0.29) is 4.90 Å². The lowest BCUT2D eigenvalue weighted by Gasteiger charge is -2.36. The highest BCUT2D eigenvalue weighted by Gasteiger charge is 2.21. The molecular weight excluding hydrogens is 341 g/mol. The molecule has 1 fully saturated rings. The van der Waals surface area contributed by atoms with E-state index in [9.17, 15) is 12.8 Å². The van der Waals surface area contributed by atoms with Crippen molar-refractivity contribution in [1.29, 1.82) is 0 Å². The fourth-order valence-corrected chi connectivity index (χ4v) is 4.03. The second-order valence-corrected chi connectivity index (χ2v) is 7.68. The molecule has 1 aliphatic rings. The van der Waals surface area contributed by atoms with E-state index >= 15 is 0 Å². The first-order valence-corrected chi connectivity index (χ1v) is 9.82. The molecule has 1 heterocycles. The van der Waals surface area contributed by atoms with Crippen LogP contribution in [0.1, 0.15) is 6.92 Å². The molecule has 134 valence electrons. The highest BCUT2D eigenvalue weighted by atomic mass is 32.2. The van der Waals surface area contributed by atoms with E-state index < -0.39 is 15.8 Å². The smallest absolute Gasteiger partial charge is 0.261 e. The third kappa shape index (κ3) is 4.11. The third-order valence-electron chi connectivity index (χ3n) is 4.43. The molecule has 25 heavy (non-hydrogen) atoms. The van der Waals surface area contributed by atoms with Gasteiger partial charge in [-0.25, -0.2) is 12.8 Å². The molecule has 1 N–H and O–H groups in total. The molecule has 0 unspecified atom stereocenters. The van der Waals surface area contributed by atoms with E-state index in [1.165, 1.54) is 12.1 Å². The summed E-state index contributed by atoms with van der Waals surface area (Å²) in [5.74, 6) is -0.465. The van der Waals surface area contributed by atoms with E-state index in [1.807, 2.05) is 12.1 Å². The van der Waals surface area contributed by atoms with Crippen molar-refractivity contribution >= 4 is 21.4 Å². The summed E-state index contributed by atoms with van der Waals surface area (Å²) in [7, 11) is -3.76. The van der Waals surface area contributed by atoms with Gasteiger partial charge in [0, 0.05) is 26.2 Å². The number of anilines is 2. The molecular formula is C18H22FN3O2S. The Morgan fingerprint density at radius 2 is 1.64 bits per heavy atom. The second kappa shape index (κ2) is 7.41. The predicted molar refractivity (Wildman–Crippen MR) is 98.0 cm³/mol. The monoisotopic (exact) mass is 363 g/mol. The first-order chi connectivity index (χ1) is 12.0. The van der Waals surface area contributed by atoms with E-state index in [4.69, 9.17) is 0 Å². The molecule has 0 saturated carbocycles. The number of sulfonamides is 1. The number of hydrogen-bond donors (Lipinski definition) is 1. The van der Waals surface area contributed by atoms with Crippen LogP contribution in [-0.4, -0.2) is 46.0 Å². The minimum atomic E-state index is -3.76. The molecule has 2 aromatic rings. The Balaban J connectivity index is 1.82. The predicted octanol–water partition coefficient (Wildman–Crippen LogP) is 2.77. The summed E-state index contributed by atoms with van der Waals surface area (Å²) >= 11 is 0. The molecule has 0 spiro atoms. The van der Waals surface area contributed by atoms with Crippen LogP contribution in [-0.2, 0) is 10.0 Å². The lowest BCUT2D eigenvalue weighted by atomic mass is 10.2. The molecule has 0 atom stereocenters. The number of piperazine rings is 1. The number of nitrogens with zero attached hydrogens (tertiary/aromatic N) is 2. The van der Waals surface area contributed by atoms with Gasteiger partial charge in [0.2, 0.25) is 0 Å². The van der Waals surface area contributed by atoms with Crippen LogP contribution in [0.25, 0.3) is 0 Å². The normalized spacial score (nSPS) is 16.0. The van der Waals surface area contributed by atoms with Crippen LogP contribution in [0, 0.1) is 5.82 Å². The Morgan fingerprint density at radius 1 is 1.00 bits per heavy atom. The zero-order valence-electron chi connectivity index (χ0n) is 14.2. The maximum atomic E-state index is 13.0. The van der Waals surface area contributed by atoms with Crippen LogP contribution in [0.3, 0.4) is 0 Å². The minimum Gasteiger partial charge on any atom is -0.367 e. The van der Waals surface area contributed by atoms with Crippen molar-refractivity contribution in [2.45, 2.75) is 11.8 Å². The fourth-order valence-electron chi connectivity index (χ4n) is 2.96. The molecule has 5 nitrogen and oxygen atoms in total. The molecule has 0 aliphatic carbocycles. The lowest BCUT2D eigenvalue weighted by Crippen LogP contribution is -2.46. The van der Waals surface area contributed by atoms with Gasteiger partial charge in [-0.15, -0.1) is 0 Å². The maximum Gasteiger partial charge on any atom is 0.261 e. The summed E-state index contributed by atoms with van der Waals surface area (Å²) in [6, 6.07) is 12.2. The first kappa shape index (κ1) is 17.7. The standard InChI is InChI=1S/C18H22FN3O2S/c1-2-21-11-13-22(14-12-21)18-6-4-3-5-17(18)20-25(23,24)16-9-7-15(19)8-10-16/h3-10,20H,2,11-14H2,1H3. The summed E-state index contributed by atoms with van der Waals surface area (Å²) < 4.78 is 40.9. The summed E-state index contributed by atoms with van der Waals surface area (Å²) in [5.41, 5.74) is 1.40. The van der Waals surface area contributed by atoms with Crippen LogP contribution < -0.4 is 9.62 Å². The quantitative estimate of drug-likeness (QED) is 0.888. The van der Waals surface area contributed by atoms with Crippen molar-refractivity contribution in [3.8, 4) is 0 Å². The zero-order valence-corrected chi connectivity index (χ0v) is 15.0. The van der Waals surface area contributed by atoms with Crippen molar-refractivity contribution < 1.29 is 12.8 Å². The number of likely N-dealkylation sites (N-methyl/N-ethyl adjacent to an activating group) is 1. The molecule has 0 aromatic heterocycles. The summed E-state index contributed by atoms with van der Waals surface area (Å²) in [5, 5.41) is 0. The highest BCUT2D eigenvalue weighted by molar-refractivity contribution is 7.92. The Bertz CT molecular complexity index is 816. The number of hydrogen-bond acceptors (Lipinski definition) is 4. The van der Waals surface area contributed by atoms with E-state index in [1.54, 1.807) is 12.1 Å². The molecule has 0 radical (unpaired) electrons. The van der Waals surface area contributed by atoms with Gasteiger partial charge in [0.05, 0.1) is 16.3 Å². The molecule has 3 rings (SSSR count). The average Bonchev–Trinajstić information content (AvgIpc) is 2.62. The summed E-state index contributed by atoms with van der Waals surface area (Å²) in [6.45, 7) is 6.77. The lowest BCUT2D eigenvalue weighted by molar-refractivity contribution is 0.271. The van der Waals surface area contributed by atoms with Gasteiger partial charge in [-0.05, 0) is 42.9 Å². The van der Waals surface area contributed by atoms with Gasteiger partial charge >= 0.3 is 0 Å². The molecule has 0 bridgehead atoms. The summed E-state index contributed by atoms with van der Waals surface area (Å²) in [4.78, 5) is 4.59. The number of benzene rings is 2. The highest BCUT2D eigenvalue weighted by Crippen LogP contribution is 2.28. The Hall–Kier alpha value is -2.12. The largest absolute Gasteiger partial charge is 0.367 e. The van der Waals surface area contributed by atoms with E-state index in [2.05, 4.69) is 21.4 Å². The van der Waals surface area contributed by atoms with Crippen molar-refractivity contribution in [3.63, 3.8) is 0 Å². The van der Waals surface area contributed by atoms with Gasteiger partial charge in [-0.1, -0.05) is 19.1 Å². The van der Waals surface area contributed by atoms with Gasteiger partial charge in [-0.3, -0.25) is 4.72 Å². The van der Waals surface area contributed by atoms with Crippen LogP contribution in [0.2, 0.25) is 0 Å². The van der Waals surface area contributed by atoms with Gasteiger partial charge in [0.15, 0.2) is 0 Å². The average molecular weight is 363 g/mol. The van der Waals surface area contributed by atoms with E-state index in [0.29, 0.717) is 5.69 Å². The van der Waals surface area contributed by atoms with Crippen molar-refractivity contribution in [2.75, 3.05) is 42.3 Å². The number of halogens is 1. The number of para-hydroxylation sites is 2. The van der Waals surface area contributed by atoms with E-state index in [0.717, 1.165) is 50.5 Å². The van der Waals surface area contributed by atoms with Crippen molar-refractivity contribution in [1.82, 2.24) is 4.90 Å².